The zero-order chi connectivity index (χ0) is 13.3. The molecule has 0 fully saturated rings. The van der Waals surface area contributed by atoms with Crippen molar-refractivity contribution < 1.29 is 4.39 Å². The van der Waals surface area contributed by atoms with Crippen molar-refractivity contribution in [1.29, 1.82) is 0 Å². The fourth-order valence-electron chi connectivity index (χ4n) is 1.86. The number of aromatic nitrogens is 3. The van der Waals surface area contributed by atoms with Crippen molar-refractivity contribution in [3.05, 3.63) is 39.7 Å². The Hall–Kier alpha value is -1.43. The van der Waals surface area contributed by atoms with Gasteiger partial charge in [0.05, 0.1) is 12.2 Å². The molecular weight excluding hydrogens is 299 g/mol. The summed E-state index contributed by atoms with van der Waals surface area (Å²) in [4.78, 5) is 0. The van der Waals surface area contributed by atoms with Gasteiger partial charge in [-0.25, -0.2) is 9.07 Å². The van der Waals surface area contributed by atoms with Crippen LogP contribution in [0.5, 0.6) is 0 Å². The minimum atomic E-state index is -0.271. The molecule has 1 aromatic carbocycles. The van der Waals surface area contributed by atoms with E-state index in [1.165, 1.54) is 12.1 Å². The first-order chi connectivity index (χ1) is 8.49. The highest BCUT2D eigenvalue weighted by molar-refractivity contribution is 9.10. The summed E-state index contributed by atoms with van der Waals surface area (Å²) < 4.78 is 15.5. The van der Waals surface area contributed by atoms with Crippen molar-refractivity contribution >= 4 is 21.7 Å². The van der Waals surface area contributed by atoms with Crippen LogP contribution in [0.1, 0.15) is 31.0 Å². The SMILES string of the molecule is CC(C)c1c(N)nnn1Cc1ccc(F)cc1Br. The average Bonchev–Trinajstić information content (AvgIpc) is 2.64. The molecule has 1 heterocycles. The van der Waals surface area contributed by atoms with Crippen LogP contribution in [0.25, 0.3) is 0 Å². The highest BCUT2D eigenvalue weighted by atomic mass is 79.9. The van der Waals surface area contributed by atoms with E-state index in [1.54, 1.807) is 10.7 Å². The number of nitrogen functional groups attached to an aromatic ring is 1. The molecule has 2 N–H and O–H groups in total. The number of anilines is 1. The molecule has 0 bridgehead atoms. The largest absolute Gasteiger partial charge is 0.381 e. The van der Waals surface area contributed by atoms with Crippen molar-refractivity contribution in [2.24, 2.45) is 0 Å². The number of hydrogen-bond acceptors (Lipinski definition) is 3. The molecule has 0 unspecified atom stereocenters. The number of nitrogens with two attached hydrogens (primary N) is 1. The Balaban J connectivity index is 2.34. The fourth-order valence-corrected chi connectivity index (χ4v) is 2.33. The van der Waals surface area contributed by atoms with Gasteiger partial charge in [-0.05, 0) is 23.6 Å². The average molecular weight is 313 g/mol. The maximum atomic E-state index is 13.0. The Kier molecular flexibility index (Phi) is 3.65. The maximum Gasteiger partial charge on any atom is 0.169 e. The van der Waals surface area contributed by atoms with Crippen LogP contribution >= 0.6 is 15.9 Å². The molecule has 0 aliphatic carbocycles. The molecule has 0 saturated heterocycles. The second kappa shape index (κ2) is 5.06. The summed E-state index contributed by atoms with van der Waals surface area (Å²) in [5, 5.41) is 7.91. The van der Waals surface area contributed by atoms with Crippen molar-refractivity contribution in [2.75, 3.05) is 5.73 Å². The van der Waals surface area contributed by atoms with Crippen molar-refractivity contribution in [3.8, 4) is 0 Å². The first kappa shape index (κ1) is 13.0. The first-order valence-corrected chi connectivity index (χ1v) is 6.41. The van der Waals surface area contributed by atoms with Crippen LogP contribution < -0.4 is 5.73 Å². The Morgan fingerprint density at radius 2 is 2.17 bits per heavy atom. The summed E-state index contributed by atoms with van der Waals surface area (Å²) >= 11 is 3.34. The van der Waals surface area contributed by atoms with Gasteiger partial charge >= 0.3 is 0 Å². The van der Waals surface area contributed by atoms with Gasteiger partial charge in [0.25, 0.3) is 0 Å². The van der Waals surface area contributed by atoms with Crippen molar-refractivity contribution in [3.63, 3.8) is 0 Å². The molecule has 0 radical (unpaired) electrons. The van der Waals surface area contributed by atoms with E-state index < -0.39 is 0 Å². The Morgan fingerprint density at radius 3 is 2.78 bits per heavy atom. The highest BCUT2D eigenvalue weighted by Gasteiger charge is 2.14. The van der Waals surface area contributed by atoms with Crippen LogP contribution in [0.15, 0.2) is 22.7 Å². The summed E-state index contributed by atoms with van der Waals surface area (Å²) in [6, 6.07) is 4.58. The second-order valence-corrected chi connectivity index (χ2v) is 5.26. The van der Waals surface area contributed by atoms with Gasteiger partial charge in [-0.2, -0.15) is 0 Å². The Morgan fingerprint density at radius 1 is 1.44 bits per heavy atom. The van der Waals surface area contributed by atoms with Crippen molar-refractivity contribution in [1.82, 2.24) is 15.0 Å². The molecule has 0 spiro atoms. The van der Waals surface area contributed by atoms with Gasteiger partial charge in [-0.15, -0.1) is 5.10 Å². The third kappa shape index (κ3) is 2.53. The maximum absolute atomic E-state index is 13.0. The Bertz CT molecular complexity index is 565. The van der Waals surface area contributed by atoms with Gasteiger partial charge in [0.1, 0.15) is 5.82 Å². The Labute approximate surface area is 113 Å². The standard InChI is InChI=1S/C12H14BrFN4/c1-7(2)11-12(15)16-17-18(11)6-8-3-4-9(14)5-10(8)13/h3-5,7H,6,15H2,1-2H3. The van der Waals surface area contributed by atoms with Gasteiger partial charge in [0.2, 0.25) is 0 Å². The zero-order valence-electron chi connectivity index (χ0n) is 10.2. The van der Waals surface area contributed by atoms with Crippen LogP contribution in [0.2, 0.25) is 0 Å². The number of rotatable bonds is 3. The van der Waals surface area contributed by atoms with E-state index in [1.807, 2.05) is 13.8 Å². The molecule has 6 heteroatoms. The predicted molar refractivity (Wildman–Crippen MR) is 71.7 cm³/mol. The van der Waals surface area contributed by atoms with Gasteiger partial charge in [0.15, 0.2) is 5.82 Å². The fraction of sp³-hybridized carbons (Fsp3) is 0.333. The van der Waals surface area contributed by atoms with E-state index in [0.29, 0.717) is 16.8 Å². The summed E-state index contributed by atoms with van der Waals surface area (Å²) in [5.74, 6) is 0.412. The van der Waals surface area contributed by atoms with E-state index in [0.717, 1.165) is 11.3 Å². The minimum Gasteiger partial charge on any atom is -0.381 e. The topological polar surface area (TPSA) is 56.7 Å². The minimum absolute atomic E-state index is 0.235. The van der Waals surface area contributed by atoms with Crippen LogP contribution in [-0.4, -0.2) is 15.0 Å². The van der Waals surface area contributed by atoms with Crippen LogP contribution in [0.3, 0.4) is 0 Å². The quantitative estimate of drug-likeness (QED) is 0.948. The van der Waals surface area contributed by atoms with Crippen LogP contribution in [0.4, 0.5) is 10.2 Å². The second-order valence-electron chi connectivity index (χ2n) is 4.41. The molecule has 2 aromatic rings. The molecule has 4 nitrogen and oxygen atoms in total. The van der Waals surface area contributed by atoms with Crippen LogP contribution in [0, 0.1) is 5.82 Å². The third-order valence-corrected chi connectivity index (χ3v) is 3.42. The molecule has 0 aliphatic rings. The lowest BCUT2D eigenvalue weighted by Crippen LogP contribution is -2.09. The lowest BCUT2D eigenvalue weighted by atomic mass is 10.1. The van der Waals surface area contributed by atoms with E-state index in [-0.39, 0.29) is 11.7 Å². The molecule has 0 amide bonds. The summed E-state index contributed by atoms with van der Waals surface area (Å²) in [6.45, 7) is 4.58. The smallest absolute Gasteiger partial charge is 0.169 e. The van der Waals surface area contributed by atoms with E-state index in [2.05, 4.69) is 26.2 Å². The molecule has 0 atom stereocenters. The van der Waals surface area contributed by atoms with E-state index >= 15 is 0 Å². The van der Waals surface area contributed by atoms with Gasteiger partial charge in [0, 0.05) is 4.47 Å². The van der Waals surface area contributed by atoms with E-state index in [9.17, 15) is 4.39 Å². The zero-order valence-corrected chi connectivity index (χ0v) is 11.8. The molecule has 0 saturated carbocycles. The normalized spacial score (nSPS) is 11.2. The van der Waals surface area contributed by atoms with Crippen molar-refractivity contribution in [2.45, 2.75) is 26.3 Å². The summed E-state index contributed by atoms with van der Waals surface area (Å²) in [5.41, 5.74) is 7.62. The number of halogens is 2. The molecular formula is C12H14BrFN4. The molecule has 18 heavy (non-hydrogen) atoms. The lowest BCUT2D eigenvalue weighted by Gasteiger charge is -2.10. The monoisotopic (exact) mass is 312 g/mol. The third-order valence-electron chi connectivity index (χ3n) is 2.68. The van der Waals surface area contributed by atoms with Gasteiger partial charge in [-0.1, -0.05) is 41.1 Å². The van der Waals surface area contributed by atoms with Crippen LogP contribution in [-0.2, 0) is 6.54 Å². The molecule has 0 aliphatic heterocycles. The first-order valence-electron chi connectivity index (χ1n) is 5.62. The summed E-state index contributed by atoms with van der Waals surface area (Å²) in [7, 11) is 0. The predicted octanol–water partition coefficient (Wildman–Crippen LogP) is 2.93. The van der Waals surface area contributed by atoms with Gasteiger partial charge in [-0.3, -0.25) is 0 Å². The number of benzene rings is 1. The summed E-state index contributed by atoms with van der Waals surface area (Å²) in [6.07, 6.45) is 0. The molecule has 2 rings (SSSR count). The van der Waals surface area contributed by atoms with Gasteiger partial charge < -0.3 is 5.73 Å². The number of nitrogens with zero attached hydrogens (tertiary/aromatic N) is 3. The number of hydrogen-bond donors (Lipinski definition) is 1. The molecule has 96 valence electrons. The molecule has 1 aromatic heterocycles. The highest BCUT2D eigenvalue weighted by Crippen LogP contribution is 2.23. The van der Waals surface area contributed by atoms with E-state index in [4.69, 9.17) is 5.73 Å². The lowest BCUT2D eigenvalue weighted by molar-refractivity contribution is 0.592.